The lowest BCUT2D eigenvalue weighted by Crippen LogP contribution is -2.24. The number of halogens is 1. The first-order chi connectivity index (χ1) is 7.68. The molecule has 0 aliphatic rings. The Morgan fingerprint density at radius 2 is 2.50 bits per heavy atom. The van der Waals surface area contributed by atoms with E-state index in [1.807, 2.05) is 17.8 Å². The zero-order chi connectivity index (χ0) is 11.5. The number of carbonyl (C=O) groups is 1. The molecule has 2 rings (SSSR count). The van der Waals surface area contributed by atoms with Crippen LogP contribution in [0.15, 0.2) is 33.8 Å². The van der Waals surface area contributed by atoms with E-state index in [1.165, 1.54) is 6.26 Å². The van der Waals surface area contributed by atoms with Crippen molar-refractivity contribution in [1.29, 1.82) is 0 Å². The normalized spacial score (nSPS) is 10.4. The van der Waals surface area contributed by atoms with Crippen molar-refractivity contribution < 1.29 is 9.21 Å². The Hall–Kier alpha value is -1.56. The van der Waals surface area contributed by atoms with E-state index in [0.717, 1.165) is 5.82 Å². The Morgan fingerprint density at radius 1 is 1.69 bits per heavy atom. The van der Waals surface area contributed by atoms with Crippen LogP contribution in [0.3, 0.4) is 0 Å². The fraction of sp³-hybridized carbons (Fsp3) is 0.200. The predicted molar refractivity (Wildman–Crippen MR) is 60.8 cm³/mol. The Morgan fingerprint density at radius 3 is 3.06 bits per heavy atom. The molecule has 0 unspecified atom stereocenters. The van der Waals surface area contributed by atoms with Crippen molar-refractivity contribution in [3.05, 3.63) is 40.8 Å². The lowest BCUT2D eigenvalue weighted by atomic mass is 10.3. The highest BCUT2D eigenvalue weighted by Gasteiger charge is 2.12. The van der Waals surface area contributed by atoms with Crippen LogP contribution in [0.2, 0.25) is 0 Å². The second kappa shape index (κ2) is 4.52. The van der Waals surface area contributed by atoms with Crippen LogP contribution in [0.4, 0.5) is 0 Å². The van der Waals surface area contributed by atoms with Crippen LogP contribution < -0.4 is 5.32 Å². The quantitative estimate of drug-likeness (QED) is 0.933. The number of aryl methyl sites for hydroxylation is 1. The zero-order valence-electron chi connectivity index (χ0n) is 8.61. The van der Waals surface area contributed by atoms with Gasteiger partial charge in [-0.15, -0.1) is 0 Å². The number of amides is 1. The van der Waals surface area contributed by atoms with Crippen molar-refractivity contribution in [1.82, 2.24) is 14.9 Å². The van der Waals surface area contributed by atoms with Crippen LogP contribution in [0.1, 0.15) is 16.2 Å². The maximum Gasteiger partial charge on any atom is 0.256 e. The van der Waals surface area contributed by atoms with Gasteiger partial charge in [-0.2, -0.15) is 0 Å². The molecule has 0 aromatic carbocycles. The van der Waals surface area contributed by atoms with Crippen LogP contribution >= 0.6 is 15.9 Å². The highest BCUT2D eigenvalue weighted by molar-refractivity contribution is 9.10. The summed E-state index contributed by atoms with van der Waals surface area (Å²) < 4.78 is 7.27. The minimum absolute atomic E-state index is 0.191. The Balaban J connectivity index is 1.99. The van der Waals surface area contributed by atoms with Gasteiger partial charge in [0.1, 0.15) is 5.82 Å². The molecule has 0 atom stereocenters. The number of aromatic nitrogens is 2. The molecule has 0 aliphatic heterocycles. The zero-order valence-corrected chi connectivity index (χ0v) is 10.2. The smallest absolute Gasteiger partial charge is 0.256 e. The van der Waals surface area contributed by atoms with Crippen molar-refractivity contribution >= 4 is 21.8 Å². The molecule has 0 saturated carbocycles. The average molecular weight is 284 g/mol. The maximum absolute atomic E-state index is 11.7. The third kappa shape index (κ3) is 2.16. The van der Waals surface area contributed by atoms with Gasteiger partial charge >= 0.3 is 0 Å². The first-order valence-corrected chi connectivity index (χ1v) is 5.45. The number of imidazole rings is 1. The first kappa shape index (κ1) is 10.9. The molecule has 0 fully saturated rings. The summed E-state index contributed by atoms with van der Waals surface area (Å²) in [4.78, 5) is 15.8. The molecule has 2 heterocycles. The minimum Gasteiger partial charge on any atom is -0.457 e. The number of furan rings is 1. The van der Waals surface area contributed by atoms with Crippen LogP contribution in [-0.4, -0.2) is 15.5 Å². The maximum atomic E-state index is 11.7. The number of hydrogen-bond donors (Lipinski definition) is 1. The topological polar surface area (TPSA) is 60.1 Å². The van der Waals surface area contributed by atoms with Crippen LogP contribution in [-0.2, 0) is 13.6 Å². The molecule has 2 aromatic heterocycles. The van der Waals surface area contributed by atoms with Gasteiger partial charge in [0.2, 0.25) is 0 Å². The molecule has 0 aliphatic carbocycles. The third-order valence-corrected chi connectivity index (χ3v) is 2.80. The van der Waals surface area contributed by atoms with Gasteiger partial charge < -0.3 is 14.3 Å². The molecule has 0 bridgehead atoms. The summed E-state index contributed by atoms with van der Waals surface area (Å²) >= 11 is 3.15. The monoisotopic (exact) mass is 283 g/mol. The van der Waals surface area contributed by atoms with Gasteiger partial charge in [-0.05, 0) is 22.0 Å². The highest BCUT2D eigenvalue weighted by atomic mass is 79.9. The van der Waals surface area contributed by atoms with E-state index in [0.29, 0.717) is 16.8 Å². The van der Waals surface area contributed by atoms with E-state index in [9.17, 15) is 4.79 Å². The average Bonchev–Trinajstić information content (AvgIpc) is 2.84. The molecule has 2 aromatic rings. The van der Waals surface area contributed by atoms with Crippen molar-refractivity contribution in [2.75, 3.05) is 0 Å². The van der Waals surface area contributed by atoms with E-state index >= 15 is 0 Å². The first-order valence-electron chi connectivity index (χ1n) is 4.66. The van der Waals surface area contributed by atoms with E-state index in [4.69, 9.17) is 4.42 Å². The SMILES string of the molecule is Cn1ccnc1CNC(=O)c1ccoc1Br. The largest absolute Gasteiger partial charge is 0.457 e. The van der Waals surface area contributed by atoms with E-state index in [-0.39, 0.29) is 5.91 Å². The van der Waals surface area contributed by atoms with Crippen LogP contribution in [0.5, 0.6) is 0 Å². The molecule has 1 N–H and O–H groups in total. The Kier molecular flexibility index (Phi) is 3.09. The van der Waals surface area contributed by atoms with Gasteiger partial charge in [0.15, 0.2) is 4.67 Å². The van der Waals surface area contributed by atoms with Gasteiger partial charge in [0.05, 0.1) is 18.4 Å². The third-order valence-electron chi connectivity index (χ3n) is 2.19. The molecule has 1 amide bonds. The highest BCUT2D eigenvalue weighted by Crippen LogP contribution is 2.17. The summed E-state index contributed by atoms with van der Waals surface area (Å²) in [5, 5.41) is 2.76. The molecular weight excluding hydrogens is 274 g/mol. The minimum atomic E-state index is -0.191. The van der Waals surface area contributed by atoms with Gasteiger partial charge in [-0.3, -0.25) is 4.79 Å². The van der Waals surface area contributed by atoms with Gasteiger partial charge in [-0.1, -0.05) is 0 Å². The van der Waals surface area contributed by atoms with Crippen molar-refractivity contribution in [3.63, 3.8) is 0 Å². The summed E-state index contributed by atoms with van der Waals surface area (Å²) in [7, 11) is 1.88. The van der Waals surface area contributed by atoms with Gasteiger partial charge in [-0.25, -0.2) is 4.98 Å². The lowest BCUT2D eigenvalue weighted by Gasteiger charge is -2.03. The molecule has 16 heavy (non-hydrogen) atoms. The summed E-state index contributed by atoms with van der Waals surface area (Å²) in [6, 6.07) is 1.61. The summed E-state index contributed by atoms with van der Waals surface area (Å²) in [5.74, 6) is 0.608. The summed E-state index contributed by atoms with van der Waals surface area (Å²) in [6.07, 6.45) is 4.98. The molecule has 84 valence electrons. The number of rotatable bonds is 3. The standard InChI is InChI=1S/C10H10BrN3O2/c1-14-4-3-12-8(14)6-13-10(15)7-2-5-16-9(7)11/h2-5H,6H2,1H3,(H,13,15). The molecule has 0 saturated heterocycles. The van der Waals surface area contributed by atoms with Gasteiger partial charge in [0.25, 0.3) is 5.91 Å². The van der Waals surface area contributed by atoms with E-state index in [1.54, 1.807) is 12.3 Å². The predicted octanol–water partition coefficient (Wildman–Crippen LogP) is 1.71. The number of hydrogen-bond acceptors (Lipinski definition) is 3. The lowest BCUT2D eigenvalue weighted by molar-refractivity contribution is 0.0948. The van der Waals surface area contributed by atoms with Crippen LogP contribution in [0.25, 0.3) is 0 Å². The van der Waals surface area contributed by atoms with E-state index < -0.39 is 0 Å². The fourth-order valence-corrected chi connectivity index (χ4v) is 1.70. The van der Waals surface area contributed by atoms with Crippen molar-refractivity contribution in [2.24, 2.45) is 7.05 Å². The number of nitrogens with zero attached hydrogens (tertiary/aromatic N) is 2. The summed E-state index contributed by atoms with van der Waals surface area (Å²) in [5.41, 5.74) is 0.481. The number of carbonyl (C=O) groups excluding carboxylic acids is 1. The second-order valence-electron chi connectivity index (χ2n) is 3.25. The van der Waals surface area contributed by atoms with Crippen molar-refractivity contribution in [3.8, 4) is 0 Å². The fourth-order valence-electron chi connectivity index (χ4n) is 1.28. The molecule has 5 nitrogen and oxygen atoms in total. The summed E-state index contributed by atoms with van der Waals surface area (Å²) in [6.45, 7) is 0.389. The Labute approximate surface area is 101 Å². The molecule has 0 spiro atoms. The molecule has 6 heteroatoms. The van der Waals surface area contributed by atoms with Crippen molar-refractivity contribution in [2.45, 2.75) is 6.54 Å². The molecule has 0 radical (unpaired) electrons. The molecular formula is C10H10BrN3O2. The van der Waals surface area contributed by atoms with E-state index in [2.05, 4.69) is 26.2 Å². The number of nitrogens with one attached hydrogen (secondary N) is 1. The van der Waals surface area contributed by atoms with Gasteiger partial charge in [0, 0.05) is 19.4 Å². The second-order valence-corrected chi connectivity index (χ2v) is 3.97. The van der Waals surface area contributed by atoms with Crippen LogP contribution in [0, 0.1) is 0 Å². The Bertz CT molecular complexity index is 504.